The van der Waals surface area contributed by atoms with Crippen LogP contribution >= 0.6 is 11.3 Å². The monoisotopic (exact) mass is 426 g/mol. The third-order valence-electron chi connectivity index (χ3n) is 6.00. The van der Waals surface area contributed by atoms with E-state index in [0.717, 1.165) is 73.8 Å². The summed E-state index contributed by atoms with van der Waals surface area (Å²) in [7, 11) is 0. The molecule has 2 aliphatic heterocycles. The van der Waals surface area contributed by atoms with Gasteiger partial charge in [-0.1, -0.05) is 12.1 Å². The van der Waals surface area contributed by atoms with E-state index in [1.165, 1.54) is 0 Å². The number of anilines is 1. The van der Waals surface area contributed by atoms with Gasteiger partial charge in [0.1, 0.15) is 0 Å². The number of thiazole rings is 1. The minimum Gasteiger partial charge on any atom is -0.338 e. The van der Waals surface area contributed by atoms with Crippen LogP contribution in [0.3, 0.4) is 0 Å². The number of carbonyl (C=O) groups is 2. The van der Waals surface area contributed by atoms with Gasteiger partial charge in [-0.15, -0.1) is 11.3 Å². The zero-order valence-corrected chi connectivity index (χ0v) is 18.4. The second-order valence-electron chi connectivity index (χ2n) is 8.37. The molecule has 4 rings (SSSR count). The van der Waals surface area contributed by atoms with E-state index in [4.69, 9.17) is 0 Å². The molecular weight excluding hydrogens is 396 g/mol. The normalized spacial score (nSPS) is 18.6. The molecule has 0 spiro atoms. The first-order valence-corrected chi connectivity index (χ1v) is 11.8. The van der Waals surface area contributed by atoms with Crippen molar-refractivity contribution in [2.45, 2.75) is 52.1 Å². The summed E-state index contributed by atoms with van der Waals surface area (Å²) in [5.74, 6) is 0.381. The quantitative estimate of drug-likeness (QED) is 0.763. The highest BCUT2D eigenvalue weighted by Gasteiger charge is 2.25. The van der Waals surface area contributed by atoms with Crippen molar-refractivity contribution in [3.05, 3.63) is 45.9 Å². The Morgan fingerprint density at radius 1 is 1.20 bits per heavy atom. The molecule has 0 atom stereocenters. The smallest absolute Gasteiger partial charge is 0.227 e. The number of aromatic nitrogens is 1. The number of hydrogen-bond donors (Lipinski definition) is 1. The number of carbonyl (C=O) groups excluding carboxylic acids is 2. The van der Waals surface area contributed by atoms with Gasteiger partial charge in [-0.25, -0.2) is 4.98 Å². The van der Waals surface area contributed by atoms with Crippen molar-refractivity contribution >= 4 is 28.8 Å². The van der Waals surface area contributed by atoms with Crippen LogP contribution in [-0.2, 0) is 22.7 Å². The predicted molar refractivity (Wildman–Crippen MR) is 119 cm³/mol. The van der Waals surface area contributed by atoms with Gasteiger partial charge < -0.3 is 10.2 Å². The molecular formula is C23H30N4O2S. The Hall–Kier alpha value is -2.25. The van der Waals surface area contributed by atoms with Crippen LogP contribution in [0.15, 0.2) is 29.6 Å². The van der Waals surface area contributed by atoms with Crippen LogP contribution < -0.4 is 5.32 Å². The molecule has 2 fully saturated rings. The third kappa shape index (κ3) is 5.46. The van der Waals surface area contributed by atoms with Gasteiger partial charge in [0.05, 0.1) is 10.7 Å². The maximum absolute atomic E-state index is 12.8. The molecule has 1 aromatic carbocycles. The molecule has 1 aromatic heterocycles. The highest BCUT2D eigenvalue weighted by atomic mass is 32.1. The molecule has 2 aliphatic rings. The topological polar surface area (TPSA) is 65.5 Å². The van der Waals surface area contributed by atoms with Gasteiger partial charge in [0.2, 0.25) is 11.8 Å². The van der Waals surface area contributed by atoms with Gasteiger partial charge in [0, 0.05) is 43.0 Å². The summed E-state index contributed by atoms with van der Waals surface area (Å²) < 4.78 is 0. The largest absolute Gasteiger partial charge is 0.338 e. The van der Waals surface area contributed by atoms with E-state index in [1.807, 2.05) is 36.1 Å². The lowest BCUT2D eigenvalue weighted by Gasteiger charge is -2.30. The Morgan fingerprint density at radius 3 is 2.77 bits per heavy atom. The van der Waals surface area contributed by atoms with Crippen molar-refractivity contribution in [1.82, 2.24) is 14.8 Å². The first-order chi connectivity index (χ1) is 14.6. The van der Waals surface area contributed by atoms with Crippen LogP contribution in [0.25, 0.3) is 0 Å². The number of nitrogens with one attached hydrogen (secondary N) is 1. The van der Waals surface area contributed by atoms with Crippen molar-refractivity contribution in [2.24, 2.45) is 5.92 Å². The summed E-state index contributed by atoms with van der Waals surface area (Å²) in [5.41, 5.74) is 3.02. The summed E-state index contributed by atoms with van der Waals surface area (Å²) in [6.07, 6.45) is 4.46. The lowest BCUT2D eigenvalue weighted by Crippen LogP contribution is -2.37. The highest BCUT2D eigenvalue weighted by molar-refractivity contribution is 7.09. The molecule has 6 nitrogen and oxygen atoms in total. The van der Waals surface area contributed by atoms with E-state index in [2.05, 4.69) is 20.6 Å². The van der Waals surface area contributed by atoms with Gasteiger partial charge in [0.15, 0.2) is 0 Å². The number of hydrogen-bond acceptors (Lipinski definition) is 5. The van der Waals surface area contributed by atoms with Crippen molar-refractivity contribution in [3.63, 3.8) is 0 Å². The van der Waals surface area contributed by atoms with Crippen LogP contribution in [-0.4, -0.2) is 46.2 Å². The van der Waals surface area contributed by atoms with E-state index in [9.17, 15) is 9.59 Å². The second kappa shape index (κ2) is 9.71. The van der Waals surface area contributed by atoms with E-state index in [-0.39, 0.29) is 17.7 Å². The average molecular weight is 427 g/mol. The zero-order chi connectivity index (χ0) is 20.9. The molecule has 0 bridgehead atoms. The van der Waals surface area contributed by atoms with Crippen LogP contribution in [0.4, 0.5) is 5.69 Å². The minimum atomic E-state index is 0.0470. The minimum absolute atomic E-state index is 0.0470. The first-order valence-electron chi connectivity index (χ1n) is 10.9. The Labute approximate surface area is 182 Å². The van der Waals surface area contributed by atoms with Crippen molar-refractivity contribution in [3.8, 4) is 0 Å². The molecule has 2 saturated heterocycles. The fraction of sp³-hybridized carbons (Fsp3) is 0.522. The summed E-state index contributed by atoms with van der Waals surface area (Å²) in [5, 5.41) is 6.32. The van der Waals surface area contributed by atoms with E-state index < -0.39 is 0 Å². The lowest BCUT2D eigenvalue weighted by atomic mass is 9.95. The summed E-state index contributed by atoms with van der Waals surface area (Å²) >= 11 is 1.69. The maximum atomic E-state index is 12.8. The SMILES string of the molecule is Cc1nc(CN2CCC(C(=O)Nc3cccc(CN4CCCCC4=O)c3)CC2)cs1. The zero-order valence-electron chi connectivity index (χ0n) is 17.6. The van der Waals surface area contributed by atoms with Crippen molar-refractivity contribution < 1.29 is 9.59 Å². The molecule has 0 radical (unpaired) electrons. The predicted octanol–water partition coefficient (Wildman–Crippen LogP) is 3.81. The molecule has 7 heteroatoms. The van der Waals surface area contributed by atoms with Gasteiger partial charge >= 0.3 is 0 Å². The Kier molecular flexibility index (Phi) is 6.79. The van der Waals surface area contributed by atoms with Crippen molar-refractivity contribution in [1.29, 1.82) is 0 Å². The summed E-state index contributed by atoms with van der Waals surface area (Å²) in [6.45, 7) is 6.20. The Balaban J connectivity index is 1.27. The molecule has 2 aromatic rings. The molecule has 0 unspecified atom stereocenters. The standard InChI is InChI=1S/C23H30N4O2S/c1-17-24-21(16-30-17)15-26-11-8-19(9-12-26)23(29)25-20-6-4-5-18(13-20)14-27-10-3-2-7-22(27)28/h4-6,13,16,19H,2-3,7-12,14-15H2,1H3,(H,25,29). The summed E-state index contributed by atoms with van der Waals surface area (Å²) in [4.78, 5) is 33.7. The molecule has 1 N–H and O–H groups in total. The fourth-order valence-electron chi connectivity index (χ4n) is 4.30. The number of rotatable bonds is 6. The molecule has 3 heterocycles. The number of piperidine rings is 2. The number of likely N-dealkylation sites (tertiary alicyclic amines) is 2. The number of aryl methyl sites for hydroxylation is 1. The molecule has 2 amide bonds. The average Bonchev–Trinajstić information content (AvgIpc) is 3.15. The van der Waals surface area contributed by atoms with Crippen molar-refractivity contribution in [2.75, 3.05) is 25.0 Å². The van der Waals surface area contributed by atoms with E-state index in [1.54, 1.807) is 11.3 Å². The van der Waals surface area contributed by atoms with Crippen LogP contribution in [0.1, 0.15) is 48.4 Å². The third-order valence-corrected chi connectivity index (χ3v) is 6.82. The first kappa shape index (κ1) is 21.0. The molecule has 0 saturated carbocycles. The summed E-state index contributed by atoms with van der Waals surface area (Å²) in [6, 6.07) is 7.91. The highest BCUT2D eigenvalue weighted by Crippen LogP contribution is 2.22. The Morgan fingerprint density at radius 2 is 2.03 bits per heavy atom. The molecule has 30 heavy (non-hydrogen) atoms. The lowest BCUT2D eigenvalue weighted by molar-refractivity contribution is -0.133. The van der Waals surface area contributed by atoms with Gasteiger partial charge in [-0.05, 0) is 63.4 Å². The number of amides is 2. The Bertz CT molecular complexity index is 889. The van der Waals surface area contributed by atoms with Crippen LogP contribution in [0.5, 0.6) is 0 Å². The number of benzene rings is 1. The van der Waals surface area contributed by atoms with Gasteiger partial charge in [0.25, 0.3) is 0 Å². The van der Waals surface area contributed by atoms with Crippen LogP contribution in [0, 0.1) is 12.8 Å². The van der Waals surface area contributed by atoms with Gasteiger partial charge in [-0.3, -0.25) is 14.5 Å². The second-order valence-corrected chi connectivity index (χ2v) is 9.43. The number of nitrogens with zero attached hydrogens (tertiary/aromatic N) is 3. The molecule has 160 valence electrons. The van der Waals surface area contributed by atoms with Crippen LogP contribution in [0.2, 0.25) is 0 Å². The fourth-order valence-corrected chi connectivity index (χ4v) is 4.91. The van der Waals surface area contributed by atoms with Gasteiger partial charge in [-0.2, -0.15) is 0 Å². The molecule has 0 aliphatic carbocycles. The van der Waals surface area contributed by atoms with E-state index in [0.29, 0.717) is 13.0 Å². The maximum Gasteiger partial charge on any atom is 0.227 e. The van der Waals surface area contributed by atoms with E-state index >= 15 is 0 Å².